The van der Waals surface area contributed by atoms with Crippen molar-refractivity contribution in [1.82, 2.24) is 5.32 Å². The van der Waals surface area contributed by atoms with Crippen molar-refractivity contribution in [2.24, 2.45) is 55.3 Å². The number of nitrogens with two attached hydrogens (primary N) is 6. The standard InChI is InChI=1S/C28H42N10O3/c1-16-10-21(39)11-17(2)22(16)14-23(38-28(33)34)24(40)13-19(8-9-35-26(29)30)25(41)36-15-20(37-27(31)32)12-18-6-4-3-5-7-18/h3-7,10-11,19-20,23,39H,8-9,12-15H2,1-2H3,(H,36,41)(H4,29,30,35)(H4,31,32,37)(H4,33,34,38)/t19-,20?,23+/m1/s1. The van der Waals surface area contributed by atoms with Crippen LogP contribution in [-0.4, -0.2) is 59.8 Å². The van der Waals surface area contributed by atoms with Gasteiger partial charge in [-0.1, -0.05) is 30.3 Å². The second-order valence-corrected chi connectivity index (χ2v) is 9.94. The number of amides is 1. The zero-order valence-corrected chi connectivity index (χ0v) is 23.6. The lowest BCUT2D eigenvalue weighted by atomic mass is 9.89. The normalized spacial score (nSPS) is 12.8. The Labute approximate surface area is 240 Å². The van der Waals surface area contributed by atoms with Gasteiger partial charge in [-0.05, 0) is 61.1 Å². The molecule has 1 unspecified atom stereocenters. The highest BCUT2D eigenvalue weighted by Crippen LogP contribution is 2.24. The predicted octanol–water partition coefficient (Wildman–Crippen LogP) is -0.567. The maximum atomic E-state index is 13.5. The summed E-state index contributed by atoms with van der Waals surface area (Å²) in [7, 11) is 0. The van der Waals surface area contributed by atoms with Gasteiger partial charge in [-0.2, -0.15) is 0 Å². The highest BCUT2D eigenvalue weighted by molar-refractivity contribution is 5.92. The fourth-order valence-electron chi connectivity index (χ4n) is 4.57. The number of aliphatic imine (C=N–C) groups is 3. The number of aryl methyl sites for hydroxylation is 2. The van der Waals surface area contributed by atoms with Crippen LogP contribution in [0, 0.1) is 19.8 Å². The van der Waals surface area contributed by atoms with Crippen molar-refractivity contribution in [3.63, 3.8) is 0 Å². The Morgan fingerprint density at radius 2 is 1.49 bits per heavy atom. The van der Waals surface area contributed by atoms with E-state index in [4.69, 9.17) is 34.4 Å². The van der Waals surface area contributed by atoms with Crippen LogP contribution in [0.3, 0.4) is 0 Å². The second kappa shape index (κ2) is 15.7. The number of benzene rings is 2. The third kappa shape index (κ3) is 11.4. The van der Waals surface area contributed by atoms with Crippen LogP contribution < -0.4 is 39.7 Å². The average molecular weight is 567 g/mol. The summed E-state index contributed by atoms with van der Waals surface area (Å²) in [6.45, 7) is 3.93. The summed E-state index contributed by atoms with van der Waals surface area (Å²) in [6, 6.07) is 11.4. The highest BCUT2D eigenvalue weighted by Gasteiger charge is 2.28. The molecule has 0 saturated carbocycles. The highest BCUT2D eigenvalue weighted by atomic mass is 16.3. The SMILES string of the molecule is Cc1cc(O)cc(C)c1C[C@H](N=C(N)N)C(=O)C[C@@H](CCN=C(N)N)C(=O)NCC(Cc1ccccc1)N=C(N)N. The van der Waals surface area contributed by atoms with E-state index in [0.717, 1.165) is 22.3 Å². The van der Waals surface area contributed by atoms with E-state index < -0.39 is 18.0 Å². The van der Waals surface area contributed by atoms with E-state index in [0.29, 0.717) is 6.42 Å². The van der Waals surface area contributed by atoms with Crippen molar-refractivity contribution in [3.05, 3.63) is 64.7 Å². The summed E-state index contributed by atoms with van der Waals surface area (Å²) in [5.41, 5.74) is 36.9. The molecule has 0 bridgehead atoms. The van der Waals surface area contributed by atoms with E-state index in [-0.39, 0.29) is 67.7 Å². The summed E-state index contributed by atoms with van der Waals surface area (Å²) >= 11 is 0. The molecule has 0 heterocycles. The second-order valence-electron chi connectivity index (χ2n) is 9.94. The van der Waals surface area contributed by atoms with Crippen LogP contribution in [0.15, 0.2) is 57.4 Å². The van der Waals surface area contributed by atoms with E-state index in [1.165, 1.54) is 0 Å². The third-order valence-electron chi connectivity index (χ3n) is 6.50. The number of rotatable bonds is 15. The number of hydrogen-bond donors (Lipinski definition) is 8. The van der Waals surface area contributed by atoms with E-state index in [9.17, 15) is 14.7 Å². The number of Topliss-reactive ketones (excluding diaryl/α,β-unsaturated/α-hetero) is 1. The molecule has 13 nitrogen and oxygen atoms in total. The van der Waals surface area contributed by atoms with Crippen molar-refractivity contribution in [1.29, 1.82) is 0 Å². The summed E-state index contributed by atoms with van der Waals surface area (Å²) in [5, 5.41) is 12.8. The summed E-state index contributed by atoms with van der Waals surface area (Å²) in [6.07, 6.45) is 0.733. The number of carbonyl (C=O) groups excluding carboxylic acids is 2. The Bertz CT molecular complexity index is 1240. The molecule has 3 atom stereocenters. The molecule has 222 valence electrons. The van der Waals surface area contributed by atoms with E-state index >= 15 is 0 Å². The number of ketones is 1. The van der Waals surface area contributed by atoms with Gasteiger partial charge in [0.1, 0.15) is 11.8 Å². The summed E-state index contributed by atoms with van der Waals surface area (Å²) in [5.74, 6) is -1.84. The van der Waals surface area contributed by atoms with Crippen molar-refractivity contribution in [2.75, 3.05) is 13.1 Å². The quantitative estimate of drug-likeness (QED) is 0.101. The van der Waals surface area contributed by atoms with E-state index in [1.54, 1.807) is 12.1 Å². The first-order valence-corrected chi connectivity index (χ1v) is 13.2. The topological polar surface area (TPSA) is 260 Å². The van der Waals surface area contributed by atoms with Gasteiger partial charge in [0, 0.05) is 31.8 Å². The van der Waals surface area contributed by atoms with Crippen LogP contribution >= 0.6 is 0 Å². The number of carbonyl (C=O) groups is 2. The van der Waals surface area contributed by atoms with Gasteiger partial charge in [0.05, 0.1) is 6.04 Å². The molecule has 0 aromatic heterocycles. The van der Waals surface area contributed by atoms with Gasteiger partial charge in [0.25, 0.3) is 0 Å². The molecule has 0 radical (unpaired) electrons. The first-order chi connectivity index (χ1) is 19.3. The molecule has 0 spiro atoms. The molecule has 41 heavy (non-hydrogen) atoms. The van der Waals surface area contributed by atoms with Gasteiger partial charge in [0.2, 0.25) is 5.91 Å². The van der Waals surface area contributed by atoms with Crippen LogP contribution in [-0.2, 0) is 22.4 Å². The Hall–Kier alpha value is -4.81. The molecule has 0 saturated heterocycles. The van der Waals surface area contributed by atoms with Crippen LogP contribution in [0.4, 0.5) is 0 Å². The summed E-state index contributed by atoms with van der Waals surface area (Å²) in [4.78, 5) is 39.3. The van der Waals surface area contributed by atoms with E-state index in [1.807, 2.05) is 44.2 Å². The zero-order chi connectivity index (χ0) is 30.5. The Kier molecular flexibility index (Phi) is 12.4. The van der Waals surface area contributed by atoms with Crippen molar-refractivity contribution in [3.8, 4) is 5.75 Å². The minimum Gasteiger partial charge on any atom is -0.508 e. The molecule has 1 amide bonds. The molecule has 2 aromatic rings. The molecular weight excluding hydrogens is 524 g/mol. The number of guanidine groups is 3. The molecule has 0 fully saturated rings. The van der Waals surface area contributed by atoms with Crippen molar-refractivity contribution < 1.29 is 14.7 Å². The van der Waals surface area contributed by atoms with Gasteiger partial charge >= 0.3 is 0 Å². The summed E-state index contributed by atoms with van der Waals surface area (Å²) < 4.78 is 0. The first-order valence-electron chi connectivity index (χ1n) is 13.2. The van der Waals surface area contributed by atoms with Crippen molar-refractivity contribution >= 4 is 29.6 Å². The zero-order valence-electron chi connectivity index (χ0n) is 23.6. The lowest BCUT2D eigenvalue weighted by Gasteiger charge is -2.21. The minimum atomic E-state index is -0.937. The molecule has 14 N–H and O–H groups in total. The largest absolute Gasteiger partial charge is 0.508 e. The fraction of sp³-hybridized carbons (Fsp3) is 0.393. The third-order valence-corrected chi connectivity index (χ3v) is 6.50. The number of phenols is 1. The molecular formula is C28H42N10O3. The molecule has 13 heteroatoms. The monoisotopic (exact) mass is 566 g/mol. The van der Waals surface area contributed by atoms with Gasteiger partial charge in [0.15, 0.2) is 23.7 Å². The average Bonchev–Trinajstić information content (AvgIpc) is 2.87. The number of aromatic hydroxyl groups is 1. The van der Waals surface area contributed by atoms with Crippen LogP contribution in [0.25, 0.3) is 0 Å². The molecule has 0 aliphatic carbocycles. The van der Waals surface area contributed by atoms with Gasteiger partial charge < -0.3 is 44.8 Å². The Morgan fingerprint density at radius 1 is 0.878 bits per heavy atom. The number of nitrogens with one attached hydrogen (secondary N) is 1. The van der Waals surface area contributed by atoms with Crippen molar-refractivity contribution in [2.45, 2.75) is 51.6 Å². The fourth-order valence-corrected chi connectivity index (χ4v) is 4.57. The molecule has 2 rings (SSSR count). The van der Waals surface area contributed by atoms with Gasteiger partial charge in [-0.15, -0.1) is 0 Å². The number of nitrogens with zero attached hydrogens (tertiary/aromatic N) is 3. The molecule has 0 aliphatic heterocycles. The maximum Gasteiger partial charge on any atom is 0.223 e. The lowest BCUT2D eigenvalue weighted by Crippen LogP contribution is -2.40. The van der Waals surface area contributed by atoms with Crippen LogP contribution in [0.2, 0.25) is 0 Å². The molecule has 0 aliphatic rings. The van der Waals surface area contributed by atoms with E-state index in [2.05, 4.69) is 20.3 Å². The van der Waals surface area contributed by atoms with Crippen LogP contribution in [0.1, 0.15) is 35.1 Å². The first kappa shape index (κ1) is 32.4. The molecule has 2 aromatic carbocycles. The lowest BCUT2D eigenvalue weighted by molar-refractivity contribution is -0.130. The maximum absolute atomic E-state index is 13.5. The minimum absolute atomic E-state index is 0.0976. The predicted molar refractivity (Wildman–Crippen MR) is 162 cm³/mol. The van der Waals surface area contributed by atoms with Crippen LogP contribution in [0.5, 0.6) is 5.75 Å². The Balaban J connectivity index is 2.24. The number of phenolic OH excluding ortho intramolecular Hbond substituents is 1. The van der Waals surface area contributed by atoms with Gasteiger partial charge in [-0.25, -0.2) is 9.98 Å². The van der Waals surface area contributed by atoms with Gasteiger partial charge in [-0.3, -0.25) is 14.6 Å². The Morgan fingerprint density at radius 3 is 2.05 bits per heavy atom. The number of hydrogen-bond acceptors (Lipinski definition) is 6. The smallest absolute Gasteiger partial charge is 0.223 e.